The van der Waals surface area contributed by atoms with Crippen LogP contribution in [0.2, 0.25) is 0 Å². The summed E-state index contributed by atoms with van der Waals surface area (Å²) in [4.78, 5) is 26.8. The van der Waals surface area contributed by atoms with E-state index < -0.39 is 11.3 Å². The van der Waals surface area contributed by atoms with Crippen LogP contribution >= 0.6 is 11.8 Å². The minimum atomic E-state index is -0.518. The van der Waals surface area contributed by atoms with Crippen LogP contribution in [0.4, 0.5) is 4.79 Å². The molecule has 4 rings (SSSR count). The van der Waals surface area contributed by atoms with E-state index in [0.717, 1.165) is 35.1 Å². The van der Waals surface area contributed by atoms with E-state index in [2.05, 4.69) is 36.4 Å². The van der Waals surface area contributed by atoms with Crippen LogP contribution in [0.15, 0.2) is 35.6 Å². The zero-order valence-electron chi connectivity index (χ0n) is 15.0. The molecule has 0 saturated heterocycles. The van der Waals surface area contributed by atoms with Gasteiger partial charge in [0, 0.05) is 35.8 Å². The molecule has 3 N–H and O–H groups in total. The molecule has 2 heterocycles. The number of thioether (sulfide) groups is 1. The third kappa shape index (κ3) is 3.42. The number of aromatic amines is 1. The van der Waals surface area contributed by atoms with Gasteiger partial charge in [-0.25, -0.2) is 4.79 Å². The average Bonchev–Trinajstić information content (AvgIpc) is 3.29. The van der Waals surface area contributed by atoms with Crippen molar-refractivity contribution in [2.75, 3.05) is 7.05 Å². The van der Waals surface area contributed by atoms with Gasteiger partial charge in [0.2, 0.25) is 5.91 Å². The number of fused-ring (bicyclic) bond motifs is 1. The number of urea groups is 1. The number of carbonyl (C=O) groups is 2. The highest BCUT2D eigenvalue weighted by Gasteiger charge is 2.32. The van der Waals surface area contributed by atoms with Crippen molar-refractivity contribution < 1.29 is 9.59 Å². The number of rotatable bonds is 5. The molecule has 140 valence electrons. The zero-order valence-corrected chi connectivity index (χ0v) is 15.8. The summed E-state index contributed by atoms with van der Waals surface area (Å²) in [5.74, 6) is 0.440. The van der Waals surface area contributed by atoms with Gasteiger partial charge in [0.1, 0.15) is 0 Å². The largest absolute Gasteiger partial charge is 0.360 e. The number of para-hydroxylation sites is 1. The normalized spacial score (nSPS) is 14.9. The molecule has 9 heteroatoms. The highest BCUT2D eigenvalue weighted by atomic mass is 32.2. The van der Waals surface area contributed by atoms with Crippen molar-refractivity contribution in [3.63, 3.8) is 0 Å². The molecule has 1 unspecified atom stereocenters. The van der Waals surface area contributed by atoms with Gasteiger partial charge in [-0.1, -0.05) is 30.0 Å². The number of H-pyrrole nitrogens is 1. The maximum absolute atomic E-state index is 12.2. The number of aromatic nitrogens is 4. The van der Waals surface area contributed by atoms with Crippen LogP contribution in [0.5, 0.6) is 0 Å². The summed E-state index contributed by atoms with van der Waals surface area (Å²) < 4.78 is 2.12. The molecular weight excluding hydrogens is 364 g/mol. The average molecular weight is 384 g/mol. The number of amides is 3. The molecule has 3 amide bonds. The number of hydrogen-bond acceptors (Lipinski definition) is 5. The van der Waals surface area contributed by atoms with Crippen molar-refractivity contribution in [2.45, 2.75) is 36.2 Å². The minimum absolute atomic E-state index is 0.348. The fourth-order valence-electron chi connectivity index (χ4n) is 2.95. The van der Waals surface area contributed by atoms with Crippen LogP contribution in [0, 0.1) is 0 Å². The third-order valence-corrected chi connectivity index (χ3v) is 5.58. The maximum Gasteiger partial charge on any atom is 0.321 e. The van der Waals surface area contributed by atoms with E-state index >= 15 is 0 Å². The second kappa shape index (κ2) is 7.07. The molecule has 8 nitrogen and oxygen atoms in total. The Morgan fingerprint density at radius 3 is 2.81 bits per heavy atom. The number of nitrogens with one attached hydrogen (secondary N) is 3. The van der Waals surface area contributed by atoms with Crippen LogP contribution in [0.1, 0.15) is 25.8 Å². The fraction of sp³-hybridized carbons (Fsp3) is 0.333. The summed E-state index contributed by atoms with van der Waals surface area (Å²) in [6, 6.07) is 7.90. The van der Waals surface area contributed by atoms with Crippen molar-refractivity contribution in [1.29, 1.82) is 0 Å². The van der Waals surface area contributed by atoms with Gasteiger partial charge in [-0.3, -0.25) is 14.7 Å². The minimum Gasteiger partial charge on any atom is -0.360 e. The summed E-state index contributed by atoms with van der Waals surface area (Å²) in [5, 5.41) is 14.8. The smallest absolute Gasteiger partial charge is 0.321 e. The van der Waals surface area contributed by atoms with Crippen molar-refractivity contribution in [2.24, 2.45) is 0 Å². The molecule has 1 saturated carbocycles. The second-order valence-electron chi connectivity index (χ2n) is 6.48. The number of carbonyl (C=O) groups excluding carboxylic acids is 2. The van der Waals surface area contributed by atoms with Crippen LogP contribution < -0.4 is 10.6 Å². The molecule has 0 radical (unpaired) electrons. The summed E-state index contributed by atoms with van der Waals surface area (Å²) >= 11 is 1.31. The lowest BCUT2D eigenvalue weighted by Crippen LogP contribution is -2.41. The van der Waals surface area contributed by atoms with E-state index in [1.54, 1.807) is 6.92 Å². The van der Waals surface area contributed by atoms with Crippen LogP contribution in [-0.2, 0) is 4.79 Å². The van der Waals surface area contributed by atoms with Crippen LogP contribution in [0.25, 0.3) is 22.3 Å². The van der Waals surface area contributed by atoms with Crippen molar-refractivity contribution in [3.05, 3.63) is 30.5 Å². The predicted molar refractivity (Wildman–Crippen MR) is 104 cm³/mol. The molecule has 2 aromatic heterocycles. The number of benzene rings is 1. The quantitative estimate of drug-likeness (QED) is 0.587. The summed E-state index contributed by atoms with van der Waals surface area (Å²) in [6.07, 6.45) is 4.09. The first-order chi connectivity index (χ1) is 13.1. The van der Waals surface area contributed by atoms with Gasteiger partial charge in [-0.05, 0) is 25.8 Å². The molecule has 0 aliphatic heterocycles. The molecular formula is C18H20N6O2S. The molecule has 0 bridgehead atoms. The molecule has 1 aliphatic carbocycles. The lowest BCUT2D eigenvalue weighted by molar-refractivity contribution is -0.119. The highest BCUT2D eigenvalue weighted by molar-refractivity contribution is 8.00. The van der Waals surface area contributed by atoms with E-state index in [0.29, 0.717) is 11.2 Å². The Kier molecular flexibility index (Phi) is 4.61. The van der Waals surface area contributed by atoms with Crippen molar-refractivity contribution >= 4 is 34.6 Å². The summed E-state index contributed by atoms with van der Waals surface area (Å²) in [7, 11) is 1.47. The Bertz CT molecular complexity index is 1010. The number of nitrogens with zero attached hydrogens (tertiary/aromatic N) is 3. The van der Waals surface area contributed by atoms with Gasteiger partial charge in [-0.2, -0.15) is 0 Å². The summed E-state index contributed by atoms with van der Waals surface area (Å²) in [5.41, 5.74) is 2.05. The topological polar surface area (TPSA) is 105 Å². The SMILES string of the molecule is CNC(=O)NC(=O)C(C)Sc1nnc(-c2c[nH]c3ccccc23)n1C1CC1. The fourth-order valence-corrected chi connectivity index (χ4v) is 3.87. The first-order valence-corrected chi connectivity index (χ1v) is 9.67. The van der Waals surface area contributed by atoms with E-state index in [1.807, 2.05) is 24.4 Å². The monoisotopic (exact) mass is 384 g/mol. The summed E-state index contributed by atoms with van der Waals surface area (Å²) in [6.45, 7) is 1.75. The highest BCUT2D eigenvalue weighted by Crippen LogP contribution is 2.42. The molecule has 1 fully saturated rings. The van der Waals surface area contributed by atoms with E-state index in [9.17, 15) is 9.59 Å². The molecule has 3 aromatic rings. The van der Waals surface area contributed by atoms with Gasteiger partial charge in [0.05, 0.1) is 5.25 Å². The molecule has 1 atom stereocenters. The molecule has 27 heavy (non-hydrogen) atoms. The number of hydrogen-bond donors (Lipinski definition) is 3. The Morgan fingerprint density at radius 2 is 2.07 bits per heavy atom. The Morgan fingerprint density at radius 1 is 1.30 bits per heavy atom. The lowest BCUT2D eigenvalue weighted by Gasteiger charge is -2.12. The first kappa shape index (κ1) is 17.6. The second-order valence-corrected chi connectivity index (χ2v) is 7.79. The van der Waals surface area contributed by atoms with E-state index in [4.69, 9.17) is 0 Å². The van der Waals surface area contributed by atoms with E-state index in [-0.39, 0.29) is 5.91 Å². The van der Waals surface area contributed by atoms with E-state index in [1.165, 1.54) is 18.8 Å². The van der Waals surface area contributed by atoms with Crippen molar-refractivity contribution in [3.8, 4) is 11.4 Å². The zero-order chi connectivity index (χ0) is 19.0. The molecule has 1 aromatic carbocycles. The standard InChI is InChI=1S/C18H20N6O2S/c1-10(16(25)21-17(26)19-2)27-18-23-22-15(24(18)11-7-8-11)13-9-20-14-6-4-3-5-12(13)14/h3-6,9-11,20H,7-8H2,1-2H3,(H2,19,21,25,26). The third-order valence-electron chi connectivity index (χ3n) is 4.52. The van der Waals surface area contributed by atoms with Gasteiger partial charge < -0.3 is 10.3 Å². The van der Waals surface area contributed by atoms with Crippen molar-refractivity contribution in [1.82, 2.24) is 30.4 Å². The van der Waals surface area contributed by atoms with Gasteiger partial charge in [0.15, 0.2) is 11.0 Å². The van der Waals surface area contributed by atoms with Gasteiger partial charge in [0.25, 0.3) is 0 Å². The maximum atomic E-state index is 12.2. The van der Waals surface area contributed by atoms with Gasteiger partial charge in [-0.15, -0.1) is 10.2 Å². The Labute approximate surface area is 160 Å². The van der Waals surface area contributed by atoms with Crippen LogP contribution in [-0.4, -0.2) is 44.0 Å². The first-order valence-electron chi connectivity index (χ1n) is 8.79. The number of imide groups is 1. The molecule has 1 aliphatic rings. The lowest BCUT2D eigenvalue weighted by atomic mass is 10.1. The van der Waals surface area contributed by atoms with Crippen LogP contribution in [0.3, 0.4) is 0 Å². The van der Waals surface area contributed by atoms with Gasteiger partial charge >= 0.3 is 6.03 Å². The Hall–Kier alpha value is -2.81. The predicted octanol–water partition coefficient (Wildman–Crippen LogP) is 2.70. The Balaban J connectivity index is 1.64. The molecule has 0 spiro atoms.